The Morgan fingerprint density at radius 1 is 1.28 bits per heavy atom. The molecule has 1 aliphatic heterocycles. The van der Waals surface area contributed by atoms with Crippen LogP contribution in [0.1, 0.15) is 45.9 Å². The molecule has 0 saturated heterocycles. The molecule has 1 aliphatic carbocycles. The van der Waals surface area contributed by atoms with Gasteiger partial charge < -0.3 is 15.4 Å². The zero-order chi connectivity index (χ0) is 17.7. The highest BCUT2D eigenvalue weighted by Crippen LogP contribution is 2.44. The van der Waals surface area contributed by atoms with Crippen LogP contribution in [0.4, 0.5) is 5.00 Å². The first-order valence-corrected chi connectivity index (χ1v) is 10.6. The summed E-state index contributed by atoms with van der Waals surface area (Å²) in [5.41, 5.74) is 2.97. The quantitative estimate of drug-likeness (QED) is 0.609. The van der Waals surface area contributed by atoms with Gasteiger partial charge in [-0.15, -0.1) is 11.3 Å². The van der Waals surface area contributed by atoms with Gasteiger partial charge in [-0.3, -0.25) is 4.79 Å². The number of methoxy groups -OCH3 is 1. The summed E-state index contributed by atoms with van der Waals surface area (Å²) in [6.45, 7) is 2.28. The number of halogens is 2. The lowest BCUT2D eigenvalue weighted by Crippen LogP contribution is -2.38. The number of hydrogen-bond acceptors (Lipinski definition) is 4. The number of carbonyl (C=O) groups is 1. The smallest absolute Gasteiger partial charge is 0.256 e. The third kappa shape index (κ3) is 3.00. The fourth-order valence-electron chi connectivity index (χ4n) is 3.63. The third-order valence-electron chi connectivity index (χ3n) is 4.84. The molecule has 0 radical (unpaired) electrons. The molecule has 0 unspecified atom stereocenters. The fraction of sp³-hybridized carbons (Fsp3) is 0.389. The van der Waals surface area contributed by atoms with Gasteiger partial charge in [0.1, 0.15) is 16.9 Å². The van der Waals surface area contributed by atoms with Gasteiger partial charge in [0.15, 0.2) is 0 Å². The van der Waals surface area contributed by atoms with E-state index in [-0.39, 0.29) is 12.1 Å². The minimum atomic E-state index is -0.318. The maximum Gasteiger partial charge on any atom is 0.256 e. The van der Waals surface area contributed by atoms with Crippen molar-refractivity contribution in [2.45, 2.75) is 32.4 Å². The van der Waals surface area contributed by atoms with Gasteiger partial charge in [-0.1, -0.05) is 22.9 Å². The van der Waals surface area contributed by atoms with Gasteiger partial charge in [-0.2, -0.15) is 0 Å². The average molecular weight is 486 g/mol. The summed E-state index contributed by atoms with van der Waals surface area (Å²) in [4.78, 5) is 14.2. The van der Waals surface area contributed by atoms with Gasteiger partial charge >= 0.3 is 0 Å². The molecule has 132 valence electrons. The van der Waals surface area contributed by atoms with Crippen LogP contribution >= 0.6 is 43.2 Å². The van der Waals surface area contributed by atoms with Crippen LogP contribution in [0.25, 0.3) is 0 Å². The second kappa shape index (κ2) is 6.59. The molecule has 1 amide bonds. The number of hydrogen-bond donors (Lipinski definition) is 2. The second-order valence-corrected chi connectivity index (χ2v) is 9.49. The van der Waals surface area contributed by atoms with E-state index in [0.717, 1.165) is 50.1 Å². The van der Waals surface area contributed by atoms with E-state index in [1.165, 1.54) is 10.4 Å². The summed E-state index contributed by atoms with van der Waals surface area (Å²) in [5.74, 6) is 1.41. The van der Waals surface area contributed by atoms with Crippen molar-refractivity contribution in [1.29, 1.82) is 0 Å². The van der Waals surface area contributed by atoms with Crippen LogP contribution in [0.3, 0.4) is 0 Å². The Balaban J connectivity index is 1.75. The number of anilines is 1. The molecule has 0 fully saturated rings. The van der Waals surface area contributed by atoms with Gasteiger partial charge in [-0.25, -0.2) is 0 Å². The number of benzene rings is 1. The Bertz CT molecular complexity index is 865. The first-order chi connectivity index (χ1) is 12.0. The molecule has 4 rings (SSSR count). The summed E-state index contributed by atoms with van der Waals surface area (Å²) in [5, 5.41) is 7.59. The number of fused-ring (bicyclic) bond motifs is 3. The minimum absolute atomic E-state index is 0.00366. The van der Waals surface area contributed by atoms with Crippen LogP contribution in [0, 0.1) is 5.92 Å². The van der Waals surface area contributed by atoms with Gasteiger partial charge in [0, 0.05) is 14.9 Å². The fourth-order valence-corrected chi connectivity index (χ4v) is 6.49. The number of thiophene rings is 1. The van der Waals surface area contributed by atoms with Crippen molar-refractivity contribution in [3.63, 3.8) is 0 Å². The summed E-state index contributed by atoms with van der Waals surface area (Å²) < 4.78 is 7.32. The molecule has 0 bridgehead atoms. The number of amides is 1. The molecule has 2 N–H and O–H groups in total. The SMILES string of the molecule is COc1c(Br)cc(Br)cc1[C@@H]1NC(=O)c2c(sc3c2CC[C@@H](C)C3)N1. The van der Waals surface area contributed by atoms with E-state index in [2.05, 4.69) is 49.4 Å². The normalized spacial score (nSPS) is 21.8. The molecular weight excluding hydrogens is 468 g/mol. The predicted octanol–water partition coefficient (Wildman–Crippen LogP) is 5.26. The molecule has 4 nitrogen and oxygen atoms in total. The van der Waals surface area contributed by atoms with Crippen molar-refractivity contribution in [3.8, 4) is 5.75 Å². The minimum Gasteiger partial charge on any atom is -0.495 e. The lowest BCUT2D eigenvalue weighted by Gasteiger charge is -2.28. The van der Waals surface area contributed by atoms with Crippen molar-refractivity contribution in [2.24, 2.45) is 5.92 Å². The molecule has 25 heavy (non-hydrogen) atoms. The summed E-state index contributed by atoms with van der Waals surface area (Å²) in [6, 6.07) is 3.91. The highest BCUT2D eigenvalue weighted by atomic mass is 79.9. The monoisotopic (exact) mass is 484 g/mol. The molecule has 0 spiro atoms. The Kier molecular flexibility index (Phi) is 4.58. The predicted molar refractivity (Wildman–Crippen MR) is 108 cm³/mol. The van der Waals surface area contributed by atoms with Crippen LogP contribution in [-0.4, -0.2) is 13.0 Å². The van der Waals surface area contributed by atoms with E-state index in [1.54, 1.807) is 18.4 Å². The molecule has 1 aromatic heterocycles. The molecule has 2 atom stereocenters. The Morgan fingerprint density at radius 3 is 2.84 bits per heavy atom. The van der Waals surface area contributed by atoms with Crippen molar-refractivity contribution >= 4 is 54.1 Å². The molecule has 2 aromatic rings. The Hall–Kier alpha value is -1.05. The topological polar surface area (TPSA) is 50.4 Å². The van der Waals surface area contributed by atoms with E-state index in [0.29, 0.717) is 5.92 Å². The van der Waals surface area contributed by atoms with E-state index in [1.807, 2.05) is 12.1 Å². The standard InChI is InChI=1S/C18H18Br2N2O2S/c1-8-3-4-10-13(5-8)25-18-14(10)17(23)21-16(22-18)11-6-9(19)7-12(20)15(11)24-2/h6-8,16,22H,3-5H2,1-2H3,(H,21,23)/t8-,16-/m1/s1. The third-order valence-corrected chi connectivity index (χ3v) is 7.07. The number of carbonyl (C=O) groups excluding carboxylic acids is 1. The molecule has 2 aliphatic rings. The lowest BCUT2D eigenvalue weighted by molar-refractivity contribution is 0.0934. The van der Waals surface area contributed by atoms with Crippen molar-refractivity contribution in [1.82, 2.24) is 5.32 Å². The summed E-state index contributed by atoms with van der Waals surface area (Å²) in [7, 11) is 1.64. The van der Waals surface area contributed by atoms with E-state index >= 15 is 0 Å². The van der Waals surface area contributed by atoms with Crippen molar-refractivity contribution in [3.05, 3.63) is 42.6 Å². The first-order valence-electron chi connectivity index (χ1n) is 8.22. The Labute approximate surface area is 167 Å². The molecular formula is C18H18Br2N2O2S. The molecule has 0 saturated carbocycles. The first kappa shape index (κ1) is 17.4. The zero-order valence-electron chi connectivity index (χ0n) is 13.9. The van der Waals surface area contributed by atoms with Crippen LogP contribution in [0.5, 0.6) is 5.75 Å². The maximum absolute atomic E-state index is 12.8. The molecule has 1 aromatic carbocycles. The maximum atomic E-state index is 12.8. The second-order valence-electron chi connectivity index (χ2n) is 6.62. The van der Waals surface area contributed by atoms with Crippen molar-refractivity contribution < 1.29 is 9.53 Å². The molecule has 7 heteroatoms. The van der Waals surface area contributed by atoms with Crippen LogP contribution in [-0.2, 0) is 12.8 Å². The zero-order valence-corrected chi connectivity index (χ0v) is 17.9. The Morgan fingerprint density at radius 2 is 2.08 bits per heavy atom. The van der Waals surface area contributed by atoms with Crippen molar-refractivity contribution in [2.75, 3.05) is 12.4 Å². The van der Waals surface area contributed by atoms with Crippen LogP contribution in [0.15, 0.2) is 21.1 Å². The van der Waals surface area contributed by atoms with Gasteiger partial charge in [0.2, 0.25) is 0 Å². The van der Waals surface area contributed by atoms with Gasteiger partial charge in [0.05, 0.1) is 17.1 Å². The van der Waals surface area contributed by atoms with E-state index in [4.69, 9.17) is 4.74 Å². The largest absolute Gasteiger partial charge is 0.495 e. The number of nitrogens with one attached hydrogen (secondary N) is 2. The van der Waals surface area contributed by atoms with Gasteiger partial charge in [-0.05, 0) is 58.8 Å². The summed E-state index contributed by atoms with van der Waals surface area (Å²) in [6.07, 6.45) is 2.90. The van der Waals surface area contributed by atoms with E-state index in [9.17, 15) is 4.79 Å². The van der Waals surface area contributed by atoms with E-state index < -0.39 is 0 Å². The average Bonchev–Trinajstić information content (AvgIpc) is 2.91. The molecule has 2 heterocycles. The lowest BCUT2D eigenvalue weighted by atomic mass is 9.88. The summed E-state index contributed by atoms with van der Waals surface area (Å²) >= 11 is 8.78. The van der Waals surface area contributed by atoms with Crippen LogP contribution < -0.4 is 15.4 Å². The van der Waals surface area contributed by atoms with Crippen LogP contribution in [0.2, 0.25) is 0 Å². The van der Waals surface area contributed by atoms with Gasteiger partial charge in [0.25, 0.3) is 5.91 Å². The highest BCUT2D eigenvalue weighted by Gasteiger charge is 2.34. The number of ether oxygens (including phenoxy) is 1. The highest BCUT2D eigenvalue weighted by molar-refractivity contribution is 9.11. The number of rotatable bonds is 2.